The lowest BCUT2D eigenvalue weighted by Gasteiger charge is -2.27. The van der Waals surface area contributed by atoms with Crippen LogP contribution in [0.1, 0.15) is 44.6 Å². The second-order valence-electron chi connectivity index (χ2n) is 6.76. The maximum Gasteiger partial charge on any atom is 0.123 e. The summed E-state index contributed by atoms with van der Waals surface area (Å²) in [5.41, 5.74) is 1.25. The second-order valence-corrected chi connectivity index (χ2v) is 6.76. The van der Waals surface area contributed by atoms with E-state index < -0.39 is 0 Å². The topological polar surface area (TPSA) is 12.0 Å². The Balaban J connectivity index is 1.59. The minimum Gasteiger partial charge on any atom is -0.314 e. The summed E-state index contributed by atoms with van der Waals surface area (Å²) >= 11 is 0. The van der Waals surface area contributed by atoms with E-state index in [1.165, 1.54) is 37.7 Å². The lowest BCUT2D eigenvalue weighted by molar-refractivity contribution is 0.278. The number of fused-ring (bicyclic) bond motifs is 2. The molecule has 2 aliphatic rings. The summed E-state index contributed by atoms with van der Waals surface area (Å²) in [7, 11) is 0. The van der Waals surface area contributed by atoms with E-state index in [1.54, 1.807) is 12.1 Å². The monoisotopic (exact) mass is 275 g/mol. The van der Waals surface area contributed by atoms with Crippen LogP contribution in [0.3, 0.4) is 0 Å². The van der Waals surface area contributed by atoms with Crippen molar-refractivity contribution in [1.82, 2.24) is 5.32 Å². The Hall–Kier alpha value is -0.890. The fraction of sp³-hybridized carbons (Fsp3) is 0.667. The first-order valence-corrected chi connectivity index (χ1v) is 8.22. The van der Waals surface area contributed by atoms with Gasteiger partial charge in [0, 0.05) is 6.04 Å². The van der Waals surface area contributed by atoms with Gasteiger partial charge in [-0.2, -0.15) is 0 Å². The Labute approximate surface area is 122 Å². The highest BCUT2D eigenvalue weighted by Gasteiger charge is 2.39. The first kappa shape index (κ1) is 14.1. The maximum absolute atomic E-state index is 13.0. The third-order valence-electron chi connectivity index (χ3n) is 5.36. The molecule has 0 aliphatic heterocycles. The van der Waals surface area contributed by atoms with Crippen LogP contribution in [0.4, 0.5) is 4.39 Å². The Morgan fingerprint density at radius 1 is 1.20 bits per heavy atom. The molecule has 1 nitrogen and oxygen atoms in total. The quantitative estimate of drug-likeness (QED) is 0.821. The van der Waals surface area contributed by atoms with Gasteiger partial charge in [0.25, 0.3) is 0 Å². The Bertz CT molecular complexity index is 428. The number of likely N-dealkylation sites (N-methyl/N-ethyl adjacent to an activating group) is 1. The van der Waals surface area contributed by atoms with E-state index in [1.807, 2.05) is 12.1 Å². The van der Waals surface area contributed by atoms with Crippen LogP contribution >= 0.6 is 0 Å². The number of hydrogen-bond acceptors (Lipinski definition) is 1. The van der Waals surface area contributed by atoms with Crippen molar-refractivity contribution in [3.8, 4) is 0 Å². The van der Waals surface area contributed by atoms with Crippen LogP contribution in [0.5, 0.6) is 0 Å². The van der Waals surface area contributed by atoms with E-state index >= 15 is 0 Å². The zero-order chi connectivity index (χ0) is 13.9. The Kier molecular flexibility index (Phi) is 4.40. The van der Waals surface area contributed by atoms with Crippen LogP contribution in [-0.4, -0.2) is 12.6 Å². The van der Waals surface area contributed by atoms with Crippen molar-refractivity contribution >= 4 is 0 Å². The molecule has 2 heteroatoms. The highest BCUT2D eigenvalue weighted by Crippen LogP contribution is 2.49. The van der Waals surface area contributed by atoms with E-state index in [2.05, 4.69) is 12.2 Å². The molecular weight excluding hydrogens is 249 g/mol. The van der Waals surface area contributed by atoms with E-state index in [-0.39, 0.29) is 5.82 Å². The summed E-state index contributed by atoms with van der Waals surface area (Å²) in [6.45, 7) is 3.20. The van der Waals surface area contributed by atoms with Crippen molar-refractivity contribution in [2.75, 3.05) is 6.54 Å². The molecule has 110 valence electrons. The zero-order valence-corrected chi connectivity index (χ0v) is 12.4. The second kappa shape index (κ2) is 6.26. The predicted octanol–water partition coefficient (Wildman–Crippen LogP) is 4.17. The predicted molar refractivity (Wildman–Crippen MR) is 81.1 cm³/mol. The lowest BCUT2D eigenvalue weighted by atomic mass is 9.83. The normalized spacial score (nSPS) is 29.8. The molecule has 2 saturated carbocycles. The molecule has 4 unspecified atom stereocenters. The molecule has 2 fully saturated rings. The van der Waals surface area contributed by atoms with Crippen molar-refractivity contribution < 1.29 is 4.39 Å². The largest absolute Gasteiger partial charge is 0.314 e. The van der Waals surface area contributed by atoms with Crippen molar-refractivity contribution in [3.05, 3.63) is 35.6 Å². The fourth-order valence-corrected chi connectivity index (χ4v) is 4.46. The smallest absolute Gasteiger partial charge is 0.123 e. The molecule has 2 aliphatic carbocycles. The number of halogens is 1. The molecule has 0 spiro atoms. The van der Waals surface area contributed by atoms with Crippen LogP contribution in [-0.2, 0) is 6.42 Å². The third-order valence-corrected chi connectivity index (χ3v) is 5.36. The molecule has 0 heterocycles. The first-order chi connectivity index (χ1) is 9.74. The molecule has 20 heavy (non-hydrogen) atoms. The molecule has 3 rings (SSSR count). The van der Waals surface area contributed by atoms with Gasteiger partial charge in [-0.1, -0.05) is 25.5 Å². The van der Waals surface area contributed by atoms with E-state index in [0.717, 1.165) is 30.7 Å². The summed E-state index contributed by atoms with van der Waals surface area (Å²) < 4.78 is 13.0. The number of hydrogen-bond donors (Lipinski definition) is 1. The van der Waals surface area contributed by atoms with Gasteiger partial charge >= 0.3 is 0 Å². The van der Waals surface area contributed by atoms with Gasteiger partial charge in [0.1, 0.15) is 5.82 Å². The van der Waals surface area contributed by atoms with E-state index in [9.17, 15) is 4.39 Å². The average Bonchev–Trinajstić information content (AvgIpc) is 3.04. The summed E-state index contributed by atoms with van der Waals surface area (Å²) in [6, 6.07) is 7.57. The Morgan fingerprint density at radius 3 is 2.60 bits per heavy atom. The highest BCUT2D eigenvalue weighted by atomic mass is 19.1. The standard InChI is InChI=1S/C18H26FN/c1-2-20-18(11-13-4-7-17(19)8-5-13)12-16-10-14-3-6-15(16)9-14/h4-5,7-8,14-16,18,20H,2-3,6,9-12H2,1H3. The molecule has 1 aromatic carbocycles. The van der Waals surface area contributed by atoms with Crippen LogP contribution in [0.15, 0.2) is 24.3 Å². The van der Waals surface area contributed by atoms with Crippen molar-refractivity contribution in [3.63, 3.8) is 0 Å². The SMILES string of the molecule is CCNC(Cc1ccc(F)cc1)CC1CC2CCC1C2. The molecule has 0 radical (unpaired) electrons. The minimum absolute atomic E-state index is 0.137. The Morgan fingerprint density at radius 2 is 2.00 bits per heavy atom. The summed E-state index contributed by atoms with van der Waals surface area (Å²) in [5, 5.41) is 3.64. The number of nitrogens with one attached hydrogen (secondary N) is 1. The third kappa shape index (κ3) is 3.22. The molecule has 1 N–H and O–H groups in total. The fourth-order valence-electron chi connectivity index (χ4n) is 4.46. The van der Waals surface area contributed by atoms with Gasteiger partial charge in [-0.3, -0.25) is 0 Å². The lowest BCUT2D eigenvalue weighted by Crippen LogP contribution is -2.34. The minimum atomic E-state index is -0.137. The van der Waals surface area contributed by atoms with Gasteiger partial charge in [0.15, 0.2) is 0 Å². The molecule has 0 aromatic heterocycles. The maximum atomic E-state index is 13.0. The van der Waals surface area contributed by atoms with Crippen molar-refractivity contribution in [2.45, 2.75) is 51.5 Å². The van der Waals surface area contributed by atoms with Gasteiger partial charge in [-0.25, -0.2) is 4.39 Å². The number of benzene rings is 1. The van der Waals surface area contributed by atoms with E-state index in [4.69, 9.17) is 0 Å². The number of rotatable bonds is 6. The highest BCUT2D eigenvalue weighted by molar-refractivity contribution is 5.17. The van der Waals surface area contributed by atoms with Crippen molar-refractivity contribution in [1.29, 1.82) is 0 Å². The summed E-state index contributed by atoms with van der Waals surface area (Å²) in [5.74, 6) is 2.81. The van der Waals surface area contributed by atoms with Crippen LogP contribution in [0, 0.1) is 23.6 Å². The molecule has 2 bridgehead atoms. The molecule has 1 aromatic rings. The van der Waals surface area contributed by atoms with Crippen LogP contribution < -0.4 is 5.32 Å². The summed E-state index contributed by atoms with van der Waals surface area (Å²) in [6.07, 6.45) is 8.21. The molecule has 4 atom stereocenters. The summed E-state index contributed by atoms with van der Waals surface area (Å²) in [4.78, 5) is 0. The van der Waals surface area contributed by atoms with Crippen molar-refractivity contribution in [2.24, 2.45) is 17.8 Å². The van der Waals surface area contributed by atoms with Gasteiger partial charge in [-0.15, -0.1) is 0 Å². The molecule has 0 amide bonds. The van der Waals surface area contributed by atoms with Crippen LogP contribution in [0.25, 0.3) is 0 Å². The average molecular weight is 275 g/mol. The molecule has 0 saturated heterocycles. The molecular formula is C18H26FN. The van der Waals surface area contributed by atoms with Crippen LogP contribution in [0.2, 0.25) is 0 Å². The van der Waals surface area contributed by atoms with Gasteiger partial charge in [-0.05, 0) is 74.1 Å². The van der Waals surface area contributed by atoms with Gasteiger partial charge in [0.05, 0.1) is 0 Å². The van der Waals surface area contributed by atoms with E-state index in [0.29, 0.717) is 6.04 Å². The first-order valence-electron chi connectivity index (χ1n) is 8.22. The van der Waals surface area contributed by atoms with Gasteiger partial charge < -0.3 is 5.32 Å². The van der Waals surface area contributed by atoms with Gasteiger partial charge in [0.2, 0.25) is 0 Å². The zero-order valence-electron chi connectivity index (χ0n) is 12.4.